The van der Waals surface area contributed by atoms with Gasteiger partial charge in [-0.1, -0.05) is 60.7 Å². The Labute approximate surface area is 178 Å². The molecule has 2 heterocycles. The van der Waals surface area contributed by atoms with Crippen molar-refractivity contribution in [1.29, 1.82) is 0 Å². The van der Waals surface area contributed by atoms with Gasteiger partial charge in [-0.3, -0.25) is 19.3 Å². The van der Waals surface area contributed by atoms with Gasteiger partial charge in [0.25, 0.3) is 5.91 Å². The molecule has 1 amide bonds. The number of carbonyl (C=O) groups excluding carboxylic acids is 1. The highest BCUT2D eigenvalue weighted by Gasteiger charge is 2.39. The number of fused-ring (bicyclic) bond motifs is 1. The van der Waals surface area contributed by atoms with Crippen LogP contribution in [0.4, 0.5) is 0 Å². The van der Waals surface area contributed by atoms with E-state index >= 15 is 0 Å². The molecule has 0 aliphatic carbocycles. The Morgan fingerprint density at radius 1 is 0.935 bits per heavy atom. The maximum atomic E-state index is 13.1. The number of carbonyl (C=O) groups is 2. The molecule has 3 aromatic rings. The molecular weight excluding hydrogens is 398 g/mol. The summed E-state index contributed by atoms with van der Waals surface area (Å²) in [5, 5.41) is 21.7. The molecule has 8 heteroatoms. The topological polar surface area (TPSA) is 103 Å². The van der Waals surface area contributed by atoms with Crippen molar-refractivity contribution in [2.75, 3.05) is 11.7 Å². The van der Waals surface area contributed by atoms with Gasteiger partial charge >= 0.3 is 5.97 Å². The Bertz CT molecular complexity index is 1140. The van der Waals surface area contributed by atoms with Crippen LogP contribution < -0.4 is 10.4 Å². The molecule has 1 aliphatic rings. The van der Waals surface area contributed by atoms with Crippen molar-refractivity contribution in [2.45, 2.75) is 19.0 Å². The monoisotopic (exact) mass is 419 g/mol. The molecule has 2 aromatic carbocycles. The minimum atomic E-state index is -1.18. The molecule has 8 nitrogen and oxygen atoms in total. The SMILES string of the molecule is CC(C(=O)O)N1CN(C(c2ccccc2)c2ccccc2)n2ccc(=O)c(O)c2C1=O. The van der Waals surface area contributed by atoms with Gasteiger partial charge < -0.3 is 15.1 Å². The first-order valence-electron chi connectivity index (χ1n) is 9.75. The molecule has 158 valence electrons. The standard InChI is InChI=1S/C23H21N3O5/c1-15(23(30)31)24-14-26(25-13-12-18(27)21(28)20(25)22(24)29)19(16-8-4-2-5-9-16)17-10-6-3-7-11-17/h2-13,15,19,28H,14H2,1H3,(H,30,31). The smallest absolute Gasteiger partial charge is 0.326 e. The van der Waals surface area contributed by atoms with Crippen LogP contribution in [0.15, 0.2) is 77.7 Å². The van der Waals surface area contributed by atoms with Crippen LogP contribution in [0.1, 0.15) is 34.6 Å². The Morgan fingerprint density at radius 2 is 1.48 bits per heavy atom. The van der Waals surface area contributed by atoms with Gasteiger partial charge in [0.1, 0.15) is 12.7 Å². The second-order valence-corrected chi connectivity index (χ2v) is 7.32. The molecule has 0 saturated carbocycles. The van der Waals surface area contributed by atoms with Gasteiger partial charge in [-0.05, 0) is 18.1 Å². The minimum absolute atomic E-state index is 0.0595. The highest BCUT2D eigenvalue weighted by atomic mass is 16.4. The number of hydrogen-bond donors (Lipinski definition) is 2. The zero-order chi connectivity index (χ0) is 22.1. The van der Waals surface area contributed by atoms with Crippen molar-refractivity contribution < 1.29 is 19.8 Å². The molecule has 0 fully saturated rings. The molecule has 2 N–H and O–H groups in total. The fourth-order valence-corrected chi connectivity index (χ4v) is 3.80. The van der Waals surface area contributed by atoms with Crippen LogP contribution in [0, 0.1) is 0 Å². The lowest BCUT2D eigenvalue weighted by molar-refractivity contribution is -0.141. The second kappa shape index (κ2) is 7.98. The molecule has 0 bridgehead atoms. The van der Waals surface area contributed by atoms with E-state index in [1.807, 2.05) is 60.7 Å². The Balaban J connectivity index is 1.95. The first-order chi connectivity index (χ1) is 14.9. The predicted molar refractivity (Wildman–Crippen MR) is 113 cm³/mol. The lowest BCUT2D eigenvalue weighted by atomic mass is 9.98. The van der Waals surface area contributed by atoms with E-state index in [0.717, 1.165) is 16.0 Å². The fraction of sp³-hybridized carbons (Fsp3) is 0.174. The number of aromatic nitrogens is 1. The Morgan fingerprint density at radius 3 is 2.00 bits per heavy atom. The second-order valence-electron chi connectivity index (χ2n) is 7.32. The van der Waals surface area contributed by atoms with Crippen LogP contribution in [0.5, 0.6) is 5.75 Å². The molecule has 4 rings (SSSR count). The van der Waals surface area contributed by atoms with E-state index in [0.29, 0.717) is 0 Å². The van der Waals surface area contributed by atoms with Gasteiger partial charge in [0.05, 0.1) is 6.04 Å². The number of carboxylic acids is 1. The third-order valence-electron chi connectivity index (χ3n) is 5.44. The quantitative estimate of drug-likeness (QED) is 0.657. The third kappa shape index (κ3) is 3.52. The number of amides is 1. The summed E-state index contributed by atoms with van der Waals surface area (Å²) in [6, 6.07) is 18.7. The van der Waals surface area contributed by atoms with Crippen LogP contribution in [-0.2, 0) is 4.79 Å². The summed E-state index contributed by atoms with van der Waals surface area (Å²) in [6.45, 7) is 1.34. The summed E-state index contributed by atoms with van der Waals surface area (Å²) < 4.78 is 1.44. The van der Waals surface area contributed by atoms with E-state index in [4.69, 9.17) is 0 Å². The lowest BCUT2D eigenvalue weighted by Gasteiger charge is -2.45. The number of hydrogen-bond acceptors (Lipinski definition) is 5. The van der Waals surface area contributed by atoms with Crippen LogP contribution in [0.3, 0.4) is 0 Å². The zero-order valence-corrected chi connectivity index (χ0v) is 16.8. The van der Waals surface area contributed by atoms with Crippen LogP contribution >= 0.6 is 0 Å². The molecule has 0 spiro atoms. The molecule has 1 atom stereocenters. The minimum Gasteiger partial charge on any atom is -0.502 e. The summed E-state index contributed by atoms with van der Waals surface area (Å²) in [7, 11) is 0. The van der Waals surface area contributed by atoms with Crippen LogP contribution in [0.25, 0.3) is 0 Å². The lowest BCUT2D eigenvalue weighted by Crippen LogP contribution is -2.59. The molecule has 31 heavy (non-hydrogen) atoms. The number of aromatic hydroxyl groups is 1. The number of nitrogens with zero attached hydrogens (tertiary/aromatic N) is 3. The van der Waals surface area contributed by atoms with E-state index in [9.17, 15) is 24.6 Å². The van der Waals surface area contributed by atoms with Gasteiger partial charge in [-0.15, -0.1) is 0 Å². The van der Waals surface area contributed by atoms with E-state index < -0.39 is 35.1 Å². The van der Waals surface area contributed by atoms with Gasteiger partial charge in [0.2, 0.25) is 5.43 Å². The summed E-state index contributed by atoms with van der Waals surface area (Å²) in [4.78, 5) is 38.0. The third-order valence-corrected chi connectivity index (χ3v) is 5.44. The zero-order valence-electron chi connectivity index (χ0n) is 16.8. The van der Waals surface area contributed by atoms with E-state index in [-0.39, 0.29) is 12.4 Å². The Kier molecular flexibility index (Phi) is 5.21. The predicted octanol–water partition coefficient (Wildman–Crippen LogP) is 2.17. The van der Waals surface area contributed by atoms with E-state index in [1.54, 1.807) is 5.01 Å². The van der Waals surface area contributed by atoms with Crippen molar-refractivity contribution in [3.05, 3.63) is 100.0 Å². The summed E-state index contributed by atoms with van der Waals surface area (Å²) in [6.07, 6.45) is 1.43. The van der Waals surface area contributed by atoms with Crippen molar-refractivity contribution in [3.8, 4) is 5.75 Å². The van der Waals surface area contributed by atoms with Crippen molar-refractivity contribution in [3.63, 3.8) is 0 Å². The summed E-state index contributed by atoms with van der Waals surface area (Å²) >= 11 is 0. The number of rotatable bonds is 5. The fourth-order valence-electron chi connectivity index (χ4n) is 3.80. The summed E-state index contributed by atoms with van der Waals surface area (Å²) in [5.41, 5.74) is 0.828. The largest absolute Gasteiger partial charge is 0.502 e. The van der Waals surface area contributed by atoms with Crippen molar-refractivity contribution in [2.24, 2.45) is 0 Å². The number of benzene rings is 2. The molecule has 0 radical (unpaired) electrons. The van der Waals surface area contributed by atoms with Crippen molar-refractivity contribution in [1.82, 2.24) is 9.58 Å². The number of aliphatic carboxylic acids is 1. The van der Waals surface area contributed by atoms with Gasteiger partial charge in [-0.2, -0.15) is 0 Å². The first-order valence-corrected chi connectivity index (χ1v) is 9.75. The Hall–Kier alpha value is -4.07. The molecular formula is C23H21N3O5. The number of carboxylic acid groups (broad SMARTS) is 1. The van der Waals surface area contributed by atoms with Crippen molar-refractivity contribution >= 4 is 11.9 Å². The molecule has 1 unspecified atom stereocenters. The molecule has 1 aromatic heterocycles. The van der Waals surface area contributed by atoms with E-state index in [1.165, 1.54) is 23.9 Å². The normalized spacial score (nSPS) is 14.5. The molecule has 0 saturated heterocycles. The van der Waals surface area contributed by atoms with Gasteiger partial charge in [0.15, 0.2) is 11.4 Å². The molecule has 1 aliphatic heterocycles. The summed E-state index contributed by atoms with van der Waals surface area (Å²) in [5.74, 6) is -2.61. The van der Waals surface area contributed by atoms with E-state index in [2.05, 4.69) is 0 Å². The van der Waals surface area contributed by atoms with Gasteiger partial charge in [0, 0.05) is 12.3 Å². The average molecular weight is 419 g/mol. The first kappa shape index (κ1) is 20.2. The maximum Gasteiger partial charge on any atom is 0.326 e. The van der Waals surface area contributed by atoms with Crippen LogP contribution in [-0.4, -0.2) is 44.4 Å². The maximum absolute atomic E-state index is 13.1. The average Bonchev–Trinajstić information content (AvgIpc) is 2.78. The number of pyridine rings is 1. The highest BCUT2D eigenvalue weighted by Crippen LogP contribution is 2.32. The van der Waals surface area contributed by atoms with Crippen LogP contribution in [0.2, 0.25) is 0 Å². The van der Waals surface area contributed by atoms with Gasteiger partial charge in [-0.25, -0.2) is 4.79 Å². The highest BCUT2D eigenvalue weighted by molar-refractivity contribution is 5.98.